The van der Waals surface area contributed by atoms with Gasteiger partial charge < -0.3 is 14.6 Å². The summed E-state index contributed by atoms with van der Waals surface area (Å²) in [6, 6.07) is 0. The van der Waals surface area contributed by atoms with Gasteiger partial charge in [0.25, 0.3) is 0 Å². The van der Waals surface area contributed by atoms with E-state index in [9.17, 15) is 0 Å². The van der Waals surface area contributed by atoms with Crippen molar-refractivity contribution in [3.63, 3.8) is 0 Å². The van der Waals surface area contributed by atoms with Crippen molar-refractivity contribution in [2.45, 2.75) is 33.0 Å². The first kappa shape index (κ1) is 10.9. The fourth-order valence-electron chi connectivity index (χ4n) is 0.737. The van der Waals surface area contributed by atoms with Crippen LogP contribution in [0.2, 0.25) is 0 Å². The van der Waals surface area contributed by atoms with Gasteiger partial charge >= 0.3 is 0 Å². The molecule has 0 amide bonds. The Kier molecular flexibility index (Phi) is 6.51. The van der Waals surface area contributed by atoms with Crippen molar-refractivity contribution in [1.82, 2.24) is 0 Å². The number of aliphatic hydroxyl groups excluding tert-OH is 1. The van der Waals surface area contributed by atoms with Gasteiger partial charge in [0.15, 0.2) is 0 Å². The molecule has 68 valence electrons. The van der Waals surface area contributed by atoms with Gasteiger partial charge in [0.1, 0.15) is 0 Å². The Morgan fingerprint density at radius 3 is 2.36 bits per heavy atom. The number of aliphatic hydroxyl groups is 1. The molecular formula is C8H18O3. The van der Waals surface area contributed by atoms with E-state index in [1.165, 1.54) is 0 Å². The van der Waals surface area contributed by atoms with Crippen LogP contribution in [0.3, 0.4) is 0 Å². The largest absolute Gasteiger partial charge is 0.391 e. The second-order valence-electron chi connectivity index (χ2n) is 2.65. The van der Waals surface area contributed by atoms with Crippen LogP contribution in [0, 0.1) is 0 Å². The maximum Gasteiger partial charge on any atom is 0.0780 e. The highest BCUT2D eigenvalue weighted by molar-refractivity contribution is 4.48. The van der Waals surface area contributed by atoms with E-state index in [-0.39, 0.29) is 12.2 Å². The van der Waals surface area contributed by atoms with E-state index in [2.05, 4.69) is 0 Å². The average Bonchev–Trinajstić information content (AvgIpc) is 1.87. The summed E-state index contributed by atoms with van der Waals surface area (Å²) < 4.78 is 10.4. The fraction of sp³-hybridized carbons (Fsp3) is 1.00. The molecule has 0 bridgehead atoms. The summed E-state index contributed by atoms with van der Waals surface area (Å²) in [5.41, 5.74) is 0. The van der Waals surface area contributed by atoms with Gasteiger partial charge in [-0.3, -0.25) is 0 Å². The SMILES string of the molecule is CCO[C@@H](C)COC[C@@H](C)O. The van der Waals surface area contributed by atoms with E-state index in [0.717, 1.165) is 0 Å². The van der Waals surface area contributed by atoms with Crippen LogP contribution in [0.1, 0.15) is 20.8 Å². The lowest BCUT2D eigenvalue weighted by Crippen LogP contribution is -2.19. The van der Waals surface area contributed by atoms with Gasteiger partial charge in [0.05, 0.1) is 25.4 Å². The molecule has 3 heteroatoms. The molecule has 0 heterocycles. The summed E-state index contributed by atoms with van der Waals surface area (Å²) in [5.74, 6) is 0. The molecule has 0 rings (SSSR count). The Labute approximate surface area is 68.3 Å². The number of ether oxygens (including phenoxy) is 2. The Balaban J connectivity index is 3.10. The number of hydrogen-bond acceptors (Lipinski definition) is 3. The fourth-order valence-corrected chi connectivity index (χ4v) is 0.737. The molecule has 0 aromatic heterocycles. The van der Waals surface area contributed by atoms with Crippen LogP contribution in [0.5, 0.6) is 0 Å². The van der Waals surface area contributed by atoms with Crippen LogP contribution < -0.4 is 0 Å². The molecular weight excluding hydrogens is 144 g/mol. The topological polar surface area (TPSA) is 38.7 Å². The lowest BCUT2D eigenvalue weighted by atomic mass is 10.4. The summed E-state index contributed by atoms with van der Waals surface area (Å²) in [6.07, 6.45) is -0.262. The van der Waals surface area contributed by atoms with E-state index in [1.54, 1.807) is 6.92 Å². The van der Waals surface area contributed by atoms with Crippen molar-refractivity contribution in [2.24, 2.45) is 0 Å². The lowest BCUT2D eigenvalue weighted by Gasteiger charge is -2.12. The van der Waals surface area contributed by atoms with E-state index in [1.807, 2.05) is 13.8 Å². The number of rotatable bonds is 6. The van der Waals surface area contributed by atoms with Crippen molar-refractivity contribution in [1.29, 1.82) is 0 Å². The Morgan fingerprint density at radius 1 is 1.27 bits per heavy atom. The van der Waals surface area contributed by atoms with E-state index < -0.39 is 0 Å². The van der Waals surface area contributed by atoms with Crippen LogP contribution in [0.4, 0.5) is 0 Å². The van der Waals surface area contributed by atoms with Crippen LogP contribution in [-0.4, -0.2) is 37.1 Å². The highest BCUT2D eigenvalue weighted by Gasteiger charge is 2.01. The summed E-state index contributed by atoms with van der Waals surface area (Å²) >= 11 is 0. The van der Waals surface area contributed by atoms with Crippen LogP contribution >= 0.6 is 0 Å². The molecule has 0 radical (unpaired) electrons. The molecule has 0 fully saturated rings. The summed E-state index contributed by atoms with van der Waals surface area (Å²) in [6.45, 7) is 7.25. The highest BCUT2D eigenvalue weighted by Crippen LogP contribution is 1.92. The first-order valence-corrected chi connectivity index (χ1v) is 4.04. The smallest absolute Gasteiger partial charge is 0.0780 e. The lowest BCUT2D eigenvalue weighted by molar-refractivity contribution is -0.0248. The normalized spacial score (nSPS) is 16.4. The van der Waals surface area contributed by atoms with Crippen molar-refractivity contribution >= 4 is 0 Å². The van der Waals surface area contributed by atoms with Crippen molar-refractivity contribution < 1.29 is 14.6 Å². The van der Waals surface area contributed by atoms with Crippen molar-refractivity contribution in [3.05, 3.63) is 0 Å². The van der Waals surface area contributed by atoms with Gasteiger partial charge in [0.2, 0.25) is 0 Å². The van der Waals surface area contributed by atoms with E-state index >= 15 is 0 Å². The van der Waals surface area contributed by atoms with Crippen molar-refractivity contribution in [3.8, 4) is 0 Å². The third-order valence-corrected chi connectivity index (χ3v) is 1.16. The minimum absolute atomic E-state index is 0.124. The zero-order valence-electron chi connectivity index (χ0n) is 7.54. The monoisotopic (exact) mass is 162 g/mol. The molecule has 0 saturated carbocycles. The molecule has 0 spiro atoms. The first-order valence-electron chi connectivity index (χ1n) is 4.04. The Hall–Kier alpha value is -0.120. The Morgan fingerprint density at radius 2 is 1.91 bits per heavy atom. The first-order chi connectivity index (χ1) is 5.16. The summed E-state index contributed by atoms with van der Waals surface area (Å²) in [5, 5.41) is 8.83. The molecule has 2 atom stereocenters. The predicted octanol–water partition coefficient (Wildman–Crippen LogP) is 0.809. The highest BCUT2D eigenvalue weighted by atomic mass is 16.5. The molecule has 1 N–H and O–H groups in total. The minimum atomic E-state index is -0.385. The molecule has 3 nitrogen and oxygen atoms in total. The maximum atomic E-state index is 8.83. The molecule has 0 aromatic rings. The summed E-state index contributed by atoms with van der Waals surface area (Å²) in [4.78, 5) is 0. The maximum absolute atomic E-state index is 8.83. The third kappa shape index (κ3) is 7.78. The zero-order valence-corrected chi connectivity index (χ0v) is 7.54. The van der Waals surface area contributed by atoms with Gasteiger partial charge in [0, 0.05) is 6.61 Å². The molecule has 0 aromatic carbocycles. The standard InChI is InChI=1S/C8H18O3/c1-4-11-8(3)6-10-5-7(2)9/h7-9H,4-6H2,1-3H3/t7-,8+/m1/s1. The molecule has 0 aliphatic heterocycles. The molecule has 11 heavy (non-hydrogen) atoms. The number of hydrogen-bond donors (Lipinski definition) is 1. The van der Waals surface area contributed by atoms with Gasteiger partial charge in [-0.05, 0) is 20.8 Å². The molecule has 0 unspecified atom stereocenters. The average molecular weight is 162 g/mol. The van der Waals surface area contributed by atoms with Gasteiger partial charge in [-0.1, -0.05) is 0 Å². The Bertz CT molecular complexity index is 83.4. The van der Waals surface area contributed by atoms with Gasteiger partial charge in [-0.2, -0.15) is 0 Å². The molecule has 0 aliphatic rings. The molecule has 0 aliphatic carbocycles. The van der Waals surface area contributed by atoms with Gasteiger partial charge in [-0.15, -0.1) is 0 Å². The molecule has 0 saturated heterocycles. The van der Waals surface area contributed by atoms with E-state index in [0.29, 0.717) is 19.8 Å². The van der Waals surface area contributed by atoms with Gasteiger partial charge in [-0.25, -0.2) is 0 Å². The quantitative estimate of drug-likeness (QED) is 0.628. The van der Waals surface area contributed by atoms with E-state index in [4.69, 9.17) is 14.6 Å². The zero-order chi connectivity index (χ0) is 8.69. The minimum Gasteiger partial charge on any atom is -0.391 e. The predicted molar refractivity (Wildman–Crippen MR) is 43.6 cm³/mol. The second kappa shape index (κ2) is 6.58. The summed E-state index contributed by atoms with van der Waals surface area (Å²) in [7, 11) is 0. The van der Waals surface area contributed by atoms with Crippen molar-refractivity contribution in [2.75, 3.05) is 19.8 Å². The second-order valence-corrected chi connectivity index (χ2v) is 2.65. The van der Waals surface area contributed by atoms with Crippen LogP contribution in [-0.2, 0) is 9.47 Å². The third-order valence-electron chi connectivity index (χ3n) is 1.16. The van der Waals surface area contributed by atoms with Crippen LogP contribution in [0.25, 0.3) is 0 Å². The van der Waals surface area contributed by atoms with Crippen LogP contribution in [0.15, 0.2) is 0 Å².